The molecule has 5 nitrogen and oxygen atoms in total. The quantitative estimate of drug-likeness (QED) is 0.848. The molecule has 1 aromatic rings. The Morgan fingerprint density at radius 3 is 2.60 bits per heavy atom. The minimum Gasteiger partial charge on any atom is -0.353 e. The van der Waals surface area contributed by atoms with E-state index < -0.39 is 10.0 Å². The maximum Gasteiger partial charge on any atom is 0.252 e. The van der Waals surface area contributed by atoms with Gasteiger partial charge in [-0.3, -0.25) is 4.79 Å². The van der Waals surface area contributed by atoms with Crippen LogP contribution in [0.2, 0.25) is 0 Å². The minimum absolute atomic E-state index is 0.00233. The zero-order chi connectivity index (χ0) is 17.9. The number of nitrogens with one attached hydrogen (secondary N) is 1. The Kier molecular flexibility index (Phi) is 6.17. The van der Waals surface area contributed by atoms with Gasteiger partial charge in [0.15, 0.2) is 0 Å². The Bertz CT molecular complexity index is 693. The number of hydrogen-bond donors (Lipinski definition) is 1. The van der Waals surface area contributed by atoms with Gasteiger partial charge in [0.1, 0.15) is 4.21 Å². The molecule has 2 heterocycles. The van der Waals surface area contributed by atoms with Gasteiger partial charge < -0.3 is 5.32 Å². The molecule has 7 heteroatoms. The Morgan fingerprint density at radius 1 is 1.16 bits per heavy atom. The lowest BCUT2D eigenvalue weighted by Gasteiger charge is -2.29. The van der Waals surface area contributed by atoms with Crippen LogP contribution in [-0.4, -0.2) is 37.8 Å². The van der Waals surface area contributed by atoms with Gasteiger partial charge in [0.2, 0.25) is 5.91 Å². The van der Waals surface area contributed by atoms with Gasteiger partial charge in [0.05, 0.1) is 6.42 Å². The number of carbonyl (C=O) groups is 1. The molecule has 1 N–H and O–H groups in total. The van der Waals surface area contributed by atoms with E-state index in [1.165, 1.54) is 30.6 Å². The second-order valence-electron chi connectivity index (χ2n) is 7.30. The van der Waals surface area contributed by atoms with Crippen molar-refractivity contribution >= 4 is 27.3 Å². The molecule has 0 spiro atoms. The predicted octanol–water partition coefficient (Wildman–Crippen LogP) is 3.16. The highest BCUT2D eigenvalue weighted by Crippen LogP contribution is 2.28. The van der Waals surface area contributed by atoms with Crippen LogP contribution in [0.4, 0.5) is 0 Å². The molecule has 1 saturated heterocycles. The van der Waals surface area contributed by atoms with E-state index in [9.17, 15) is 13.2 Å². The zero-order valence-corrected chi connectivity index (χ0v) is 16.5. The van der Waals surface area contributed by atoms with Gasteiger partial charge in [-0.1, -0.05) is 26.2 Å². The molecule has 1 amide bonds. The predicted molar refractivity (Wildman–Crippen MR) is 100 cm³/mol. The lowest BCUT2D eigenvalue weighted by Crippen LogP contribution is -2.41. The molecule has 2 unspecified atom stereocenters. The van der Waals surface area contributed by atoms with E-state index in [1.807, 2.05) is 0 Å². The third-order valence-corrected chi connectivity index (χ3v) is 8.79. The van der Waals surface area contributed by atoms with Crippen LogP contribution in [0.15, 0.2) is 16.3 Å². The van der Waals surface area contributed by atoms with E-state index in [2.05, 4.69) is 12.2 Å². The molecule has 2 atom stereocenters. The van der Waals surface area contributed by atoms with Crippen molar-refractivity contribution in [3.05, 3.63) is 17.0 Å². The van der Waals surface area contributed by atoms with Crippen molar-refractivity contribution in [2.24, 2.45) is 5.92 Å². The van der Waals surface area contributed by atoms with Crippen LogP contribution in [0.25, 0.3) is 0 Å². The number of sulfonamides is 1. The average molecular weight is 385 g/mol. The fraction of sp³-hybridized carbons (Fsp3) is 0.722. The first-order valence-corrected chi connectivity index (χ1v) is 11.6. The molecule has 1 aliphatic heterocycles. The number of carbonyl (C=O) groups excluding carboxylic acids is 1. The second kappa shape index (κ2) is 8.18. The molecule has 0 bridgehead atoms. The maximum atomic E-state index is 12.7. The van der Waals surface area contributed by atoms with Crippen molar-refractivity contribution in [1.29, 1.82) is 0 Å². The lowest BCUT2D eigenvalue weighted by atomic mass is 9.86. The largest absolute Gasteiger partial charge is 0.353 e. The number of nitrogens with zero attached hydrogens (tertiary/aromatic N) is 1. The molecule has 25 heavy (non-hydrogen) atoms. The van der Waals surface area contributed by atoms with Crippen LogP contribution >= 0.6 is 11.3 Å². The van der Waals surface area contributed by atoms with Gasteiger partial charge in [0.25, 0.3) is 10.0 Å². The highest BCUT2D eigenvalue weighted by atomic mass is 32.2. The smallest absolute Gasteiger partial charge is 0.252 e. The van der Waals surface area contributed by atoms with Crippen molar-refractivity contribution in [3.8, 4) is 0 Å². The molecule has 0 radical (unpaired) electrons. The molecule has 2 aliphatic rings. The number of amides is 1. The Balaban J connectivity index is 1.60. The topological polar surface area (TPSA) is 66.5 Å². The van der Waals surface area contributed by atoms with Crippen molar-refractivity contribution in [2.75, 3.05) is 13.1 Å². The number of thiophene rings is 1. The SMILES string of the molecule is CC1CCCCC1NC(=O)Cc1ccc(S(=O)(=O)N2CCCCC2)s1. The van der Waals surface area contributed by atoms with E-state index in [0.29, 0.717) is 23.2 Å². The Hall–Kier alpha value is -0.920. The van der Waals surface area contributed by atoms with Gasteiger partial charge in [-0.2, -0.15) is 4.31 Å². The van der Waals surface area contributed by atoms with E-state index >= 15 is 0 Å². The van der Waals surface area contributed by atoms with Crippen molar-refractivity contribution < 1.29 is 13.2 Å². The summed E-state index contributed by atoms with van der Waals surface area (Å²) in [4.78, 5) is 13.1. The molecule has 0 aromatic carbocycles. The molecule has 2 fully saturated rings. The van der Waals surface area contributed by atoms with Gasteiger partial charge in [-0.25, -0.2) is 8.42 Å². The normalized spacial score (nSPS) is 25.6. The highest BCUT2D eigenvalue weighted by Gasteiger charge is 2.28. The molecule has 3 rings (SSSR count). The van der Waals surface area contributed by atoms with Crippen molar-refractivity contribution in [2.45, 2.75) is 68.5 Å². The summed E-state index contributed by atoms with van der Waals surface area (Å²) in [6.45, 7) is 3.41. The lowest BCUT2D eigenvalue weighted by molar-refractivity contribution is -0.121. The fourth-order valence-corrected chi connectivity index (χ4v) is 6.80. The summed E-state index contributed by atoms with van der Waals surface area (Å²) in [7, 11) is -3.39. The Labute approximate surface area is 154 Å². The summed E-state index contributed by atoms with van der Waals surface area (Å²) >= 11 is 1.23. The third-order valence-electron chi connectivity index (χ3n) is 5.34. The van der Waals surface area contributed by atoms with Crippen molar-refractivity contribution in [3.63, 3.8) is 0 Å². The van der Waals surface area contributed by atoms with Crippen LogP contribution in [0, 0.1) is 5.92 Å². The summed E-state index contributed by atoms with van der Waals surface area (Å²) in [5.41, 5.74) is 0. The van der Waals surface area contributed by atoms with Gasteiger partial charge >= 0.3 is 0 Å². The fourth-order valence-electron chi connectivity index (χ4n) is 3.77. The monoisotopic (exact) mass is 384 g/mol. The number of rotatable bonds is 5. The molecule has 140 valence electrons. The second-order valence-corrected chi connectivity index (χ2v) is 10.6. The van der Waals surface area contributed by atoms with Crippen LogP contribution in [0.3, 0.4) is 0 Å². The standard InChI is InChI=1S/C18H28N2O3S2/c1-14-7-3-4-8-16(14)19-17(21)13-15-9-10-18(24-15)25(22,23)20-11-5-2-6-12-20/h9-10,14,16H,2-8,11-13H2,1H3,(H,19,21). The molecule has 1 saturated carbocycles. The molecule has 1 aliphatic carbocycles. The van der Waals surface area contributed by atoms with Crippen LogP contribution in [0.5, 0.6) is 0 Å². The van der Waals surface area contributed by atoms with Gasteiger partial charge in [0, 0.05) is 24.0 Å². The van der Waals surface area contributed by atoms with Gasteiger partial charge in [-0.15, -0.1) is 11.3 Å². The van der Waals surface area contributed by atoms with E-state index in [0.717, 1.165) is 30.6 Å². The Morgan fingerprint density at radius 2 is 1.88 bits per heavy atom. The first kappa shape index (κ1) is 18.9. The molecule has 1 aromatic heterocycles. The summed E-state index contributed by atoms with van der Waals surface area (Å²) in [5.74, 6) is 0.526. The van der Waals surface area contributed by atoms with E-state index in [4.69, 9.17) is 0 Å². The third kappa shape index (κ3) is 4.63. The first-order valence-electron chi connectivity index (χ1n) is 9.35. The van der Waals surface area contributed by atoms with Crippen LogP contribution < -0.4 is 5.32 Å². The van der Waals surface area contributed by atoms with Crippen LogP contribution in [0.1, 0.15) is 56.7 Å². The zero-order valence-electron chi connectivity index (χ0n) is 14.9. The molecular formula is C18H28N2O3S2. The minimum atomic E-state index is -3.39. The summed E-state index contributed by atoms with van der Waals surface area (Å²) in [6, 6.07) is 3.70. The maximum absolute atomic E-state index is 12.7. The van der Waals surface area contributed by atoms with Gasteiger partial charge in [-0.05, 0) is 43.7 Å². The number of piperidine rings is 1. The summed E-state index contributed by atoms with van der Waals surface area (Å²) in [6.07, 6.45) is 7.86. The number of hydrogen-bond acceptors (Lipinski definition) is 4. The van der Waals surface area contributed by atoms with Crippen LogP contribution in [-0.2, 0) is 21.2 Å². The summed E-state index contributed by atoms with van der Waals surface area (Å²) in [5, 5.41) is 3.14. The van der Waals surface area contributed by atoms with E-state index in [-0.39, 0.29) is 18.4 Å². The first-order chi connectivity index (χ1) is 12.0. The average Bonchev–Trinajstić information content (AvgIpc) is 3.07. The highest BCUT2D eigenvalue weighted by molar-refractivity contribution is 7.91. The van der Waals surface area contributed by atoms with E-state index in [1.54, 1.807) is 16.4 Å². The van der Waals surface area contributed by atoms with Crippen molar-refractivity contribution in [1.82, 2.24) is 9.62 Å². The molecular weight excluding hydrogens is 356 g/mol. The summed E-state index contributed by atoms with van der Waals surface area (Å²) < 4.78 is 27.3.